The number of alkyl carbamates (subject to hydrolysis) is 1. The minimum atomic E-state index is -1.32. The fourth-order valence-electron chi connectivity index (χ4n) is 3.97. The molecule has 2 aromatic carbocycles. The molecule has 2 rings (SSSR count). The van der Waals surface area contributed by atoms with Gasteiger partial charge in [-0.25, -0.2) is 4.79 Å². The average molecular weight is 525 g/mol. The molecule has 0 radical (unpaired) electrons. The maximum Gasteiger partial charge on any atom is 0.408 e. The molecular weight excluding hydrogens is 484 g/mol. The molecule has 9 nitrogen and oxygen atoms in total. The average Bonchev–Trinajstić information content (AvgIpc) is 2.84. The molecule has 0 aliphatic rings. The van der Waals surface area contributed by atoms with Gasteiger partial charge in [-0.3, -0.25) is 14.4 Å². The summed E-state index contributed by atoms with van der Waals surface area (Å²) < 4.78 is 5.29. The molecule has 2 aromatic rings. The summed E-state index contributed by atoms with van der Waals surface area (Å²) in [6, 6.07) is 14.1. The molecule has 0 aliphatic carbocycles. The molecule has 9 heteroatoms. The van der Waals surface area contributed by atoms with E-state index in [9.17, 15) is 19.2 Å². The third-order valence-corrected chi connectivity index (χ3v) is 5.74. The third-order valence-electron chi connectivity index (χ3n) is 5.74. The number of carbonyl (C=O) groups excluding carboxylic acids is 4. The third kappa shape index (κ3) is 9.21. The molecule has 0 bridgehead atoms. The largest absolute Gasteiger partial charge is 0.444 e. The van der Waals surface area contributed by atoms with Crippen LogP contribution in [0.5, 0.6) is 0 Å². The predicted molar refractivity (Wildman–Crippen MR) is 146 cm³/mol. The normalized spacial score (nSPS) is 12.8. The Morgan fingerprint density at radius 2 is 1.55 bits per heavy atom. The summed E-state index contributed by atoms with van der Waals surface area (Å²) in [7, 11) is 0. The Kier molecular flexibility index (Phi) is 10.9. The molecular formula is C29H40N4O5. The van der Waals surface area contributed by atoms with Crippen molar-refractivity contribution in [2.24, 2.45) is 5.73 Å². The highest BCUT2D eigenvalue weighted by molar-refractivity contribution is 5.94. The molecule has 4 amide bonds. The summed E-state index contributed by atoms with van der Waals surface area (Å²) in [5.74, 6) is -1.79. The first-order chi connectivity index (χ1) is 17.8. The van der Waals surface area contributed by atoms with E-state index in [1.807, 2.05) is 61.5 Å². The number of benzene rings is 2. The lowest BCUT2D eigenvalue weighted by molar-refractivity contribution is -0.145. The molecule has 0 aliphatic heterocycles. The van der Waals surface area contributed by atoms with E-state index in [4.69, 9.17) is 10.5 Å². The molecule has 38 heavy (non-hydrogen) atoms. The first-order valence-electron chi connectivity index (χ1n) is 12.8. The number of carbonyl (C=O) groups is 4. The summed E-state index contributed by atoms with van der Waals surface area (Å²) >= 11 is 0. The monoisotopic (exact) mass is 524 g/mol. The summed E-state index contributed by atoms with van der Waals surface area (Å²) in [4.78, 5) is 53.3. The van der Waals surface area contributed by atoms with Crippen LogP contribution >= 0.6 is 0 Å². The first-order valence-corrected chi connectivity index (χ1v) is 12.8. The molecule has 206 valence electrons. The summed E-state index contributed by atoms with van der Waals surface area (Å²) in [6.45, 7) is 10.9. The van der Waals surface area contributed by atoms with Crippen molar-refractivity contribution in [2.45, 2.75) is 84.7 Å². The van der Waals surface area contributed by atoms with Gasteiger partial charge in [0.15, 0.2) is 0 Å². The minimum absolute atomic E-state index is 0.268. The molecule has 0 saturated carbocycles. The zero-order valence-electron chi connectivity index (χ0n) is 23.1. The topological polar surface area (TPSA) is 131 Å². The van der Waals surface area contributed by atoms with Gasteiger partial charge in [0, 0.05) is 12.6 Å². The summed E-state index contributed by atoms with van der Waals surface area (Å²) in [6.07, 6.45) is -0.495. The second-order valence-corrected chi connectivity index (χ2v) is 10.4. The SMILES string of the molecule is CCc1ccc(C(C(=O)NCc2ccccc2)N(C(=O)C(CC(N)=O)NC(=O)OC(C)(C)C)C(C)C)cc1. The number of nitrogens with zero attached hydrogens (tertiary/aromatic N) is 1. The van der Waals surface area contributed by atoms with Gasteiger partial charge in [0.25, 0.3) is 0 Å². The molecule has 0 saturated heterocycles. The van der Waals surface area contributed by atoms with Gasteiger partial charge in [-0.2, -0.15) is 0 Å². The zero-order chi connectivity index (χ0) is 28.5. The van der Waals surface area contributed by atoms with Crippen molar-refractivity contribution in [3.05, 3.63) is 71.3 Å². The number of hydrogen-bond acceptors (Lipinski definition) is 5. The Labute approximate surface area is 225 Å². The van der Waals surface area contributed by atoms with Crippen molar-refractivity contribution in [3.63, 3.8) is 0 Å². The van der Waals surface area contributed by atoms with Crippen molar-refractivity contribution >= 4 is 23.8 Å². The van der Waals surface area contributed by atoms with Gasteiger partial charge in [0.2, 0.25) is 17.7 Å². The van der Waals surface area contributed by atoms with Crippen LogP contribution < -0.4 is 16.4 Å². The Bertz CT molecular complexity index is 1090. The van der Waals surface area contributed by atoms with E-state index in [2.05, 4.69) is 10.6 Å². The van der Waals surface area contributed by atoms with Crippen LogP contribution in [0.2, 0.25) is 0 Å². The second-order valence-electron chi connectivity index (χ2n) is 10.4. The molecule has 0 spiro atoms. The van der Waals surface area contributed by atoms with Crippen molar-refractivity contribution < 1.29 is 23.9 Å². The van der Waals surface area contributed by atoms with Crippen LogP contribution in [0.1, 0.15) is 70.7 Å². The molecule has 0 fully saturated rings. The molecule has 2 atom stereocenters. The smallest absolute Gasteiger partial charge is 0.408 e. The van der Waals surface area contributed by atoms with E-state index in [1.54, 1.807) is 34.6 Å². The second kappa shape index (κ2) is 13.6. The van der Waals surface area contributed by atoms with Crippen LogP contribution in [0.4, 0.5) is 4.79 Å². The van der Waals surface area contributed by atoms with Gasteiger partial charge < -0.3 is 26.0 Å². The van der Waals surface area contributed by atoms with E-state index < -0.39 is 54.0 Å². The Morgan fingerprint density at radius 3 is 2.05 bits per heavy atom. The Morgan fingerprint density at radius 1 is 0.947 bits per heavy atom. The van der Waals surface area contributed by atoms with Gasteiger partial charge in [-0.1, -0.05) is 61.5 Å². The van der Waals surface area contributed by atoms with Gasteiger partial charge in [0.05, 0.1) is 6.42 Å². The number of nitrogens with one attached hydrogen (secondary N) is 2. The number of nitrogens with two attached hydrogens (primary N) is 1. The maximum atomic E-state index is 13.9. The number of primary amides is 1. The van der Waals surface area contributed by atoms with Gasteiger partial charge in [0.1, 0.15) is 17.7 Å². The van der Waals surface area contributed by atoms with Crippen molar-refractivity contribution in [3.8, 4) is 0 Å². The lowest BCUT2D eigenvalue weighted by atomic mass is 9.98. The van der Waals surface area contributed by atoms with Crippen molar-refractivity contribution in [2.75, 3.05) is 0 Å². The molecule has 4 N–H and O–H groups in total. The van der Waals surface area contributed by atoms with Gasteiger partial charge >= 0.3 is 6.09 Å². The lowest BCUT2D eigenvalue weighted by Gasteiger charge is -2.37. The summed E-state index contributed by atoms with van der Waals surface area (Å²) in [5.41, 5.74) is 7.19. The number of hydrogen-bond donors (Lipinski definition) is 3. The van der Waals surface area contributed by atoms with E-state index in [0.717, 1.165) is 17.5 Å². The molecule has 2 unspecified atom stereocenters. The van der Waals surface area contributed by atoms with Crippen LogP contribution in [0, 0.1) is 0 Å². The highest BCUT2D eigenvalue weighted by atomic mass is 16.6. The van der Waals surface area contributed by atoms with Gasteiger partial charge in [-0.05, 0) is 57.7 Å². The highest BCUT2D eigenvalue weighted by Gasteiger charge is 2.38. The van der Waals surface area contributed by atoms with Gasteiger partial charge in [-0.15, -0.1) is 0 Å². The van der Waals surface area contributed by atoms with Crippen molar-refractivity contribution in [1.82, 2.24) is 15.5 Å². The van der Waals surface area contributed by atoms with E-state index in [1.165, 1.54) is 4.90 Å². The standard InChI is InChI=1S/C29H40N4O5/c1-7-20-13-15-22(16-14-20)25(26(35)31-18-21-11-9-8-10-12-21)33(19(2)3)27(36)23(17-24(30)34)32-28(37)38-29(4,5)6/h8-16,19,23,25H,7,17-18H2,1-6H3,(H2,30,34)(H,31,35)(H,32,37). The highest BCUT2D eigenvalue weighted by Crippen LogP contribution is 2.26. The quantitative estimate of drug-likeness (QED) is 0.413. The predicted octanol–water partition coefficient (Wildman–Crippen LogP) is 3.61. The van der Waals surface area contributed by atoms with Crippen LogP contribution in [-0.2, 0) is 32.1 Å². The van der Waals surface area contributed by atoms with Crippen LogP contribution in [0.25, 0.3) is 0 Å². The number of amides is 4. The zero-order valence-corrected chi connectivity index (χ0v) is 23.1. The van der Waals surface area contributed by atoms with Crippen molar-refractivity contribution in [1.29, 1.82) is 0 Å². The molecule has 0 heterocycles. The lowest BCUT2D eigenvalue weighted by Crippen LogP contribution is -2.55. The number of rotatable bonds is 11. The first kappa shape index (κ1) is 30.3. The Balaban J connectivity index is 2.46. The van der Waals surface area contributed by atoms with Crippen LogP contribution in [0.15, 0.2) is 54.6 Å². The minimum Gasteiger partial charge on any atom is -0.444 e. The van der Waals surface area contributed by atoms with E-state index in [-0.39, 0.29) is 6.54 Å². The maximum absolute atomic E-state index is 13.9. The number of ether oxygens (including phenoxy) is 1. The van der Waals surface area contributed by atoms with Crippen LogP contribution in [0.3, 0.4) is 0 Å². The molecule has 0 aromatic heterocycles. The number of aryl methyl sites for hydroxylation is 1. The fraction of sp³-hybridized carbons (Fsp3) is 0.448. The fourth-order valence-corrected chi connectivity index (χ4v) is 3.97. The van der Waals surface area contributed by atoms with Crippen LogP contribution in [-0.4, -0.2) is 46.4 Å². The summed E-state index contributed by atoms with van der Waals surface area (Å²) in [5, 5.41) is 5.41. The Hall–Kier alpha value is -3.88. The van der Waals surface area contributed by atoms with E-state index in [0.29, 0.717) is 5.56 Å². The van der Waals surface area contributed by atoms with E-state index >= 15 is 0 Å².